The minimum absolute atomic E-state index is 0.0426. The number of rotatable bonds is 9. The smallest absolute Gasteiger partial charge is 0.211 e. The number of sulfonamides is 1. The molecular formula is C8H19NO5S. The molecule has 0 aromatic heterocycles. The summed E-state index contributed by atoms with van der Waals surface area (Å²) in [5.74, 6) is 0.0426. The average Bonchev–Trinajstić information content (AvgIpc) is 2.19. The van der Waals surface area contributed by atoms with Crippen LogP contribution in [0, 0.1) is 0 Å². The summed E-state index contributed by atoms with van der Waals surface area (Å²) in [7, 11) is 1.18. The second-order valence-electron chi connectivity index (χ2n) is 2.91. The van der Waals surface area contributed by atoms with Gasteiger partial charge in [-0.25, -0.2) is 13.1 Å². The van der Waals surface area contributed by atoms with Crippen molar-refractivity contribution in [1.82, 2.24) is 4.72 Å². The number of nitrogens with one attached hydrogen (secondary N) is 1. The summed E-state index contributed by atoms with van der Waals surface area (Å²) >= 11 is 0. The van der Waals surface area contributed by atoms with Gasteiger partial charge in [-0.3, -0.25) is 0 Å². The van der Waals surface area contributed by atoms with E-state index in [1.807, 2.05) is 0 Å². The van der Waals surface area contributed by atoms with Gasteiger partial charge in [0.2, 0.25) is 10.0 Å². The first-order chi connectivity index (χ1) is 7.05. The van der Waals surface area contributed by atoms with Crippen molar-refractivity contribution in [2.75, 3.05) is 40.2 Å². The van der Waals surface area contributed by atoms with Crippen molar-refractivity contribution < 1.29 is 22.6 Å². The summed E-state index contributed by atoms with van der Waals surface area (Å²) in [6, 6.07) is 0. The van der Waals surface area contributed by atoms with Gasteiger partial charge in [-0.15, -0.1) is 0 Å². The Morgan fingerprint density at radius 2 is 1.80 bits per heavy atom. The molecule has 0 aromatic carbocycles. The molecule has 0 atom stereocenters. The molecule has 0 saturated carbocycles. The van der Waals surface area contributed by atoms with Gasteiger partial charge in [-0.05, 0) is 6.42 Å². The first kappa shape index (κ1) is 14.8. The molecule has 0 spiro atoms. The van der Waals surface area contributed by atoms with Crippen LogP contribution in [0.5, 0.6) is 0 Å². The molecule has 92 valence electrons. The van der Waals surface area contributed by atoms with Crippen molar-refractivity contribution >= 4 is 10.0 Å². The molecular weight excluding hydrogens is 222 g/mol. The lowest BCUT2D eigenvalue weighted by molar-refractivity contribution is -0.0960. The van der Waals surface area contributed by atoms with Crippen LogP contribution < -0.4 is 4.72 Å². The third-order valence-corrected chi connectivity index (χ3v) is 3.19. The average molecular weight is 241 g/mol. The fourth-order valence-corrected chi connectivity index (χ4v) is 1.96. The number of ether oxygens (including phenoxy) is 3. The van der Waals surface area contributed by atoms with Crippen molar-refractivity contribution in [3.8, 4) is 0 Å². The molecule has 0 aliphatic rings. The van der Waals surface area contributed by atoms with E-state index in [1.165, 1.54) is 21.3 Å². The first-order valence-electron chi connectivity index (χ1n) is 4.57. The monoisotopic (exact) mass is 241 g/mol. The van der Waals surface area contributed by atoms with Gasteiger partial charge in [-0.2, -0.15) is 0 Å². The Bertz CT molecular complexity index is 237. The topological polar surface area (TPSA) is 73.9 Å². The van der Waals surface area contributed by atoms with Crippen LogP contribution in [0.3, 0.4) is 0 Å². The van der Waals surface area contributed by atoms with E-state index < -0.39 is 16.3 Å². The Balaban J connectivity index is 3.82. The summed E-state index contributed by atoms with van der Waals surface area (Å²) < 4.78 is 39.6. The van der Waals surface area contributed by atoms with Crippen LogP contribution in [0.25, 0.3) is 0 Å². The van der Waals surface area contributed by atoms with Gasteiger partial charge in [0.05, 0.1) is 12.3 Å². The van der Waals surface area contributed by atoms with Gasteiger partial charge in [0, 0.05) is 27.9 Å². The van der Waals surface area contributed by atoms with Gasteiger partial charge < -0.3 is 14.2 Å². The third-order valence-electron chi connectivity index (χ3n) is 1.76. The number of methoxy groups -OCH3 is 3. The van der Waals surface area contributed by atoms with Crippen molar-refractivity contribution in [2.45, 2.75) is 12.7 Å². The Hall–Kier alpha value is -0.210. The fraction of sp³-hybridized carbons (Fsp3) is 1.00. The summed E-state index contributed by atoms with van der Waals surface area (Å²) in [6.07, 6.45) is -0.0848. The molecule has 0 aromatic rings. The van der Waals surface area contributed by atoms with Crippen molar-refractivity contribution in [3.05, 3.63) is 0 Å². The molecule has 0 heterocycles. The fourth-order valence-electron chi connectivity index (χ4n) is 0.923. The van der Waals surface area contributed by atoms with E-state index in [2.05, 4.69) is 4.72 Å². The zero-order valence-corrected chi connectivity index (χ0v) is 10.2. The predicted molar refractivity (Wildman–Crippen MR) is 56.1 cm³/mol. The Labute approximate surface area is 90.9 Å². The maximum Gasteiger partial charge on any atom is 0.211 e. The van der Waals surface area contributed by atoms with Gasteiger partial charge in [0.15, 0.2) is 6.29 Å². The van der Waals surface area contributed by atoms with Crippen LogP contribution in [-0.4, -0.2) is 54.9 Å². The van der Waals surface area contributed by atoms with E-state index >= 15 is 0 Å². The molecule has 0 fully saturated rings. The molecule has 0 amide bonds. The summed E-state index contributed by atoms with van der Waals surface area (Å²) in [5, 5.41) is 0. The van der Waals surface area contributed by atoms with Crippen LogP contribution in [0.4, 0.5) is 0 Å². The second kappa shape index (κ2) is 8.00. The van der Waals surface area contributed by atoms with E-state index in [0.717, 1.165) is 0 Å². The van der Waals surface area contributed by atoms with Crippen molar-refractivity contribution in [2.24, 2.45) is 0 Å². The molecule has 6 nitrogen and oxygen atoms in total. The maximum atomic E-state index is 11.4. The van der Waals surface area contributed by atoms with Crippen LogP contribution in [-0.2, 0) is 24.2 Å². The van der Waals surface area contributed by atoms with Crippen LogP contribution >= 0.6 is 0 Å². The molecule has 0 bridgehead atoms. The first-order valence-corrected chi connectivity index (χ1v) is 6.23. The van der Waals surface area contributed by atoms with Gasteiger partial charge >= 0.3 is 0 Å². The lowest BCUT2D eigenvalue weighted by Gasteiger charge is -2.14. The quantitative estimate of drug-likeness (QED) is 0.437. The molecule has 7 heteroatoms. The van der Waals surface area contributed by atoms with E-state index in [1.54, 1.807) is 0 Å². The molecule has 0 aliphatic carbocycles. The molecule has 0 aliphatic heterocycles. The SMILES string of the molecule is COCCCS(=O)(=O)NCC(OC)OC. The van der Waals surface area contributed by atoms with Crippen LogP contribution in [0.1, 0.15) is 6.42 Å². The number of hydrogen-bond acceptors (Lipinski definition) is 5. The highest BCUT2D eigenvalue weighted by molar-refractivity contribution is 7.89. The highest BCUT2D eigenvalue weighted by atomic mass is 32.2. The van der Waals surface area contributed by atoms with Gasteiger partial charge in [0.25, 0.3) is 0 Å². The Kier molecular flexibility index (Phi) is 7.89. The van der Waals surface area contributed by atoms with Crippen molar-refractivity contribution in [3.63, 3.8) is 0 Å². The second-order valence-corrected chi connectivity index (χ2v) is 4.84. The van der Waals surface area contributed by atoms with E-state index in [4.69, 9.17) is 14.2 Å². The highest BCUT2D eigenvalue weighted by Crippen LogP contribution is 1.93. The van der Waals surface area contributed by atoms with E-state index in [9.17, 15) is 8.42 Å². The van der Waals surface area contributed by atoms with Crippen LogP contribution in [0.15, 0.2) is 0 Å². The molecule has 0 rings (SSSR count). The minimum Gasteiger partial charge on any atom is -0.385 e. The summed E-state index contributed by atoms with van der Waals surface area (Å²) in [5.41, 5.74) is 0. The van der Waals surface area contributed by atoms with E-state index in [0.29, 0.717) is 13.0 Å². The minimum atomic E-state index is -3.26. The standard InChI is InChI=1S/C8H19NO5S/c1-12-5-4-6-15(10,11)9-7-8(13-2)14-3/h8-9H,4-7H2,1-3H3. The largest absolute Gasteiger partial charge is 0.385 e. The van der Waals surface area contributed by atoms with Crippen molar-refractivity contribution in [1.29, 1.82) is 0 Å². The van der Waals surface area contributed by atoms with Gasteiger partial charge in [0.1, 0.15) is 0 Å². The lowest BCUT2D eigenvalue weighted by Crippen LogP contribution is -2.35. The predicted octanol–water partition coefficient (Wildman–Crippen LogP) is -0.439. The third kappa shape index (κ3) is 7.69. The van der Waals surface area contributed by atoms with E-state index in [-0.39, 0.29) is 12.3 Å². The molecule has 0 unspecified atom stereocenters. The molecule has 0 saturated heterocycles. The zero-order chi connectivity index (χ0) is 11.7. The Morgan fingerprint density at radius 3 is 2.27 bits per heavy atom. The number of hydrogen-bond donors (Lipinski definition) is 1. The molecule has 15 heavy (non-hydrogen) atoms. The lowest BCUT2D eigenvalue weighted by atomic mass is 10.5. The molecule has 0 radical (unpaired) electrons. The molecule has 1 N–H and O–H groups in total. The summed E-state index contributed by atoms with van der Waals surface area (Å²) in [4.78, 5) is 0. The normalized spacial score (nSPS) is 12.3. The summed E-state index contributed by atoms with van der Waals surface area (Å²) in [6.45, 7) is 0.543. The highest BCUT2D eigenvalue weighted by Gasteiger charge is 2.13. The maximum absolute atomic E-state index is 11.4. The van der Waals surface area contributed by atoms with Gasteiger partial charge in [-0.1, -0.05) is 0 Å². The van der Waals surface area contributed by atoms with Crippen LogP contribution in [0.2, 0.25) is 0 Å². The zero-order valence-electron chi connectivity index (χ0n) is 9.36. The Morgan fingerprint density at radius 1 is 1.20 bits per heavy atom.